The van der Waals surface area contributed by atoms with Gasteiger partial charge >= 0.3 is 6.03 Å². The predicted molar refractivity (Wildman–Crippen MR) is 72.6 cm³/mol. The van der Waals surface area contributed by atoms with Crippen molar-refractivity contribution in [3.8, 4) is 0 Å². The second-order valence-corrected chi connectivity index (χ2v) is 5.58. The van der Waals surface area contributed by atoms with Gasteiger partial charge in [0.25, 0.3) is 0 Å². The summed E-state index contributed by atoms with van der Waals surface area (Å²) in [6.45, 7) is 12.0. The van der Waals surface area contributed by atoms with Crippen LogP contribution in [0.3, 0.4) is 0 Å². The van der Waals surface area contributed by atoms with Crippen molar-refractivity contribution in [2.45, 2.75) is 47.1 Å². The lowest BCUT2D eigenvalue weighted by molar-refractivity contribution is 0.244. The summed E-state index contributed by atoms with van der Waals surface area (Å²) in [6.07, 6.45) is 0. The Balaban J connectivity index is 2.82. The summed E-state index contributed by atoms with van der Waals surface area (Å²) in [4.78, 5) is 11.8. The standard InChI is InChI=1S/C14H22N2O/c1-9-7-11(3)12(8-10(9)2)15-13(17)16-14(4,5)6/h7-8H,1-6H3,(H2,15,16,17). The van der Waals surface area contributed by atoms with E-state index >= 15 is 0 Å². The van der Waals surface area contributed by atoms with Gasteiger partial charge in [-0.15, -0.1) is 0 Å². The smallest absolute Gasteiger partial charge is 0.319 e. The van der Waals surface area contributed by atoms with Crippen LogP contribution < -0.4 is 10.6 Å². The zero-order valence-corrected chi connectivity index (χ0v) is 11.6. The molecule has 17 heavy (non-hydrogen) atoms. The van der Waals surface area contributed by atoms with E-state index in [-0.39, 0.29) is 11.6 Å². The molecule has 0 saturated heterocycles. The fourth-order valence-corrected chi connectivity index (χ4v) is 1.59. The van der Waals surface area contributed by atoms with Crippen molar-refractivity contribution in [2.24, 2.45) is 0 Å². The maximum Gasteiger partial charge on any atom is 0.319 e. The largest absolute Gasteiger partial charge is 0.333 e. The van der Waals surface area contributed by atoms with Gasteiger partial charge in [0.15, 0.2) is 0 Å². The topological polar surface area (TPSA) is 41.1 Å². The summed E-state index contributed by atoms with van der Waals surface area (Å²) >= 11 is 0. The molecular weight excluding hydrogens is 212 g/mol. The van der Waals surface area contributed by atoms with Crippen LogP contribution in [0.15, 0.2) is 12.1 Å². The van der Waals surface area contributed by atoms with Gasteiger partial charge in [0.2, 0.25) is 0 Å². The van der Waals surface area contributed by atoms with E-state index in [2.05, 4.69) is 23.6 Å². The van der Waals surface area contributed by atoms with Crippen molar-refractivity contribution in [3.63, 3.8) is 0 Å². The predicted octanol–water partition coefficient (Wildman–Crippen LogP) is 3.53. The second kappa shape index (κ2) is 4.78. The van der Waals surface area contributed by atoms with Gasteiger partial charge in [-0.1, -0.05) is 6.07 Å². The highest BCUT2D eigenvalue weighted by atomic mass is 16.2. The first-order valence-electron chi connectivity index (χ1n) is 5.86. The maximum atomic E-state index is 11.8. The molecule has 0 aromatic heterocycles. The van der Waals surface area contributed by atoms with E-state index in [1.807, 2.05) is 40.7 Å². The summed E-state index contributed by atoms with van der Waals surface area (Å²) in [5.74, 6) is 0. The Hall–Kier alpha value is -1.51. The van der Waals surface area contributed by atoms with Gasteiger partial charge in [-0.3, -0.25) is 0 Å². The average molecular weight is 234 g/mol. The van der Waals surface area contributed by atoms with Crippen LogP contribution in [0.1, 0.15) is 37.5 Å². The molecular formula is C14H22N2O. The number of carbonyl (C=O) groups excluding carboxylic acids is 1. The van der Waals surface area contributed by atoms with E-state index in [1.165, 1.54) is 11.1 Å². The molecule has 1 aromatic carbocycles. The normalized spacial score (nSPS) is 11.2. The van der Waals surface area contributed by atoms with Gasteiger partial charge in [0, 0.05) is 11.2 Å². The summed E-state index contributed by atoms with van der Waals surface area (Å²) < 4.78 is 0. The summed E-state index contributed by atoms with van der Waals surface area (Å²) in [7, 11) is 0. The third kappa shape index (κ3) is 4.10. The molecule has 2 N–H and O–H groups in total. The van der Waals surface area contributed by atoms with Crippen molar-refractivity contribution in [3.05, 3.63) is 28.8 Å². The SMILES string of the molecule is Cc1cc(C)c(NC(=O)NC(C)(C)C)cc1C. The molecule has 0 fully saturated rings. The number of benzene rings is 1. The molecule has 0 saturated carbocycles. The average Bonchev–Trinajstić information content (AvgIpc) is 2.11. The van der Waals surface area contributed by atoms with E-state index in [1.54, 1.807) is 0 Å². The number of urea groups is 1. The van der Waals surface area contributed by atoms with E-state index in [0.29, 0.717) is 0 Å². The molecule has 0 bridgehead atoms. The number of amides is 2. The lowest BCUT2D eigenvalue weighted by Crippen LogP contribution is -2.43. The number of nitrogens with one attached hydrogen (secondary N) is 2. The van der Waals surface area contributed by atoms with E-state index in [0.717, 1.165) is 11.3 Å². The molecule has 0 aliphatic rings. The Morgan fingerprint density at radius 2 is 1.53 bits per heavy atom. The van der Waals surface area contributed by atoms with Crippen molar-refractivity contribution in [1.82, 2.24) is 5.32 Å². The van der Waals surface area contributed by atoms with Crippen LogP contribution in [0.5, 0.6) is 0 Å². The minimum atomic E-state index is -0.224. The summed E-state index contributed by atoms with van der Waals surface area (Å²) in [5, 5.41) is 5.76. The van der Waals surface area contributed by atoms with Crippen LogP contribution in [0, 0.1) is 20.8 Å². The minimum absolute atomic E-state index is 0.163. The van der Waals surface area contributed by atoms with Crippen LogP contribution >= 0.6 is 0 Å². The molecule has 0 unspecified atom stereocenters. The number of anilines is 1. The van der Waals surface area contributed by atoms with Crippen LogP contribution in [-0.2, 0) is 0 Å². The molecule has 1 rings (SSSR count). The fourth-order valence-electron chi connectivity index (χ4n) is 1.59. The molecule has 3 heteroatoms. The number of hydrogen-bond acceptors (Lipinski definition) is 1. The van der Waals surface area contributed by atoms with Gasteiger partial charge in [-0.2, -0.15) is 0 Å². The van der Waals surface area contributed by atoms with E-state index in [4.69, 9.17) is 0 Å². The monoisotopic (exact) mass is 234 g/mol. The van der Waals surface area contributed by atoms with Crippen molar-refractivity contribution < 1.29 is 4.79 Å². The second-order valence-electron chi connectivity index (χ2n) is 5.58. The molecule has 3 nitrogen and oxygen atoms in total. The Morgan fingerprint density at radius 1 is 1.00 bits per heavy atom. The maximum absolute atomic E-state index is 11.8. The molecule has 2 amide bonds. The molecule has 0 aliphatic carbocycles. The first kappa shape index (κ1) is 13.6. The summed E-state index contributed by atoms with van der Waals surface area (Å²) in [6, 6.07) is 3.93. The molecule has 0 aliphatic heterocycles. The first-order chi connectivity index (χ1) is 7.69. The van der Waals surface area contributed by atoms with E-state index in [9.17, 15) is 4.79 Å². The Morgan fingerprint density at radius 3 is 2.06 bits per heavy atom. The molecule has 0 atom stereocenters. The first-order valence-corrected chi connectivity index (χ1v) is 5.86. The Labute approximate surface area is 104 Å². The van der Waals surface area contributed by atoms with Crippen LogP contribution in [0.25, 0.3) is 0 Å². The number of aryl methyl sites for hydroxylation is 3. The molecule has 0 heterocycles. The molecule has 94 valence electrons. The van der Waals surface area contributed by atoms with Crippen molar-refractivity contribution in [2.75, 3.05) is 5.32 Å². The zero-order chi connectivity index (χ0) is 13.2. The van der Waals surface area contributed by atoms with Gasteiger partial charge in [-0.25, -0.2) is 4.79 Å². The highest BCUT2D eigenvalue weighted by molar-refractivity contribution is 5.90. The molecule has 0 spiro atoms. The Bertz CT molecular complexity index is 431. The third-order valence-electron chi connectivity index (χ3n) is 2.58. The van der Waals surface area contributed by atoms with E-state index < -0.39 is 0 Å². The lowest BCUT2D eigenvalue weighted by atomic mass is 10.0. The van der Waals surface area contributed by atoms with Gasteiger partial charge in [0.05, 0.1) is 0 Å². The van der Waals surface area contributed by atoms with Gasteiger partial charge < -0.3 is 10.6 Å². The fraction of sp³-hybridized carbons (Fsp3) is 0.500. The minimum Gasteiger partial charge on any atom is -0.333 e. The highest BCUT2D eigenvalue weighted by Gasteiger charge is 2.14. The summed E-state index contributed by atoms with van der Waals surface area (Å²) in [5.41, 5.74) is 4.15. The van der Waals surface area contributed by atoms with Crippen molar-refractivity contribution >= 4 is 11.7 Å². The molecule has 1 aromatic rings. The Kier molecular flexibility index (Phi) is 3.81. The number of hydrogen-bond donors (Lipinski definition) is 2. The van der Waals surface area contributed by atoms with Gasteiger partial charge in [-0.05, 0) is 64.3 Å². The molecule has 0 radical (unpaired) electrons. The lowest BCUT2D eigenvalue weighted by Gasteiger charge is -2.21. The van der Waals surface area contributed by atoms with Crippen LogP contribution in [-0.4, -0.2) is 11.6 Å². The number of rotatable bonds is 1. The number of carbonyl (C=O) groups is 1. The van der Waals surface area contributed by atoms with Crippen molar-refractivity contribution in [1.29, 1.82) is 0 Å². The zero-order valence-electron chi connectivity index (χ0n) is 11.6. The van der Waals surface area contributed by atoms with Gasteiger partial charge in [0.1, 0.15) is 0 Å². The highest BCUT2D eigenvalue weighted by Crippen LogP contribution is 2.20. The third-order valence-corrected chi connectivity index (χ3v) is 2.58. The van der Waals surface area contributed by atoms with Crippen LogP contribution in [0.4, 0.5) is 10.5 Å². The quantitative estimate of drug-likeness (QED) is 0.766. The van der Waals surface area contributed by atoms with Crippen LogP contribution in [0.2, 0.25) is 0 Å².